The molecule has 2 aromatic carbocycles. The van der Waals surface area contributed by atoms with Crippen molar-refractivity contribution in [2.45, 2.75) is 19.9 Å². The molecule has 0 aliphatic carbocycles. The fourth-order valence-electron chi connectivity index (χ4n) is 2.90. The van der Waals surface area contributed by atoms with Gasteiger partial charge in [-0.3, -0.25) is 9.59 Å². The van der Waals surface area contributed by atoms with Crippen LogP contribution in [0.15, 0.2) is 53.0 Å². The molecule has 1 fully saturated rings. The van der Waals surface area contributed by atoms with Gasteiger partial charge in [-0.15, -0.1) is 0 Å². The van der Waals surface area contributed by atoms with E-state index in [1.807, 2.05) is 55.5 Å². The third-order valence-electron chi connectivity index (χ3n) is 4.30. The zero-order chi connectivity index (χ0) is 17.1. The summed E-state index contributed by atoms with van der Waals surface area (Å²) in [6.07, 6.45) is 0.270. The Labute approximate surface area is 150 Å². The standard InChI is InChI=1S/C19H19BrN2O2/c1-13-5-2-3-6-14(13)11-22-12-15(9-18(22)23)19(24)21-17-8-4-7-16(20)10-17/h2-8,10,15H,9,11-12H2,1H3,(H,21,24). The lowest BCUT2D eigenvalue weighted by molar-refractivity contribution is -0.128. The number of halogens is 1. The monoisotopic (exact) mass is 386 g/mol. The first-order chi connectivity index (χ1) is 11.5. The van der Waals surface area contributed by atoms with E-state index in [9.17, 15) is 9.59 Å². The maximum absolute atomic E-state index is 12.4. The minimum Gasteiger partial charge on any atom is -0.338 e. The Hall–Kier alpha value is -2.14. The number of aryl methyl sites for hydroxylation is 1. The number of hydrogen-bond donors (Lipinski definition) is 1. The van der Waals surface area contributed by atoms with Crippen LogP contribution >= 0.6 is 15.9 Å². The van der Waals surface area contributed by atoms with Crippen molar-refractivity contribution in [3.8, 4) is 0 Å². The summed E-state index contributed by atoms with van der Waals surface area (Å²) in [5.41, 5.74) is 3.02. The molecule has 124 valence electrons. The van der Waals surface area contributed by atoms with E-state index in [0.717, 1.165) is 21.3 Å². The number of rotatable bonds is 4. The van der Waals surface area contributed by atoms with Gasteiger partial charge in [-0.05, 0) is 36.2 Å². The Balaban J connectivity index is 1.64. The zero-order valence-electron chi connectivity index (χ0n) is 13.5. The van der Waals surface area contributed by atoms with Gasteiger partial charge >= 0.3 is 0 Å². The maximum Gasteiger partial charge on any atom is 0.229 e. The fraction of sp³-hybridized carbons (Fsp3) is 0.263. The minimum absolute atomic E-state index is 0.0349. The number of amides is 2. The molecule has 0 bridgehead atoms. The first-order valence-electron chi connectivity index (χ1n) is 7.91. The van der Waals surface area contributed by atoms with Crippen molar-refractivity contribution >= 4 is 33.4 Å². The van der Waals surface area contributed by atoms with Crippen molar-refractivity contribution < 1.29 is 9.59 Å². The van der Waals surface area contributed by atoms with Crippen molar-refractivity contribution in [3.63, 3.8) is 0 Å². The predicted octanol–water partition coefficient (Wildman–Crippen LogP) is 3.74. The second-order valence-electron chi connectivity index (χ2n) is 6.10. The summed E-state index contributed by atoms with van der Waals surface area (Å²) in [6, 6.07) is 15.5. The number of benzene rings is 2. The van der Waals surface area contributed by atoms with E-state index < -0.39 is 0 Å². The first-order valence-corrected chi connectivity index (χ1v) is 8.71. The van der Waals surface area contributed by atoms with E-state index in [4.69, 9.17) is 0 Å². The SMILES string of the molecule is Cc1ccccc1CN1CC(C(=O)Nc2cccc(Br)c2)CC1=O. The molecule has 2 aromatic rings. The van der Waals surface area contributed by atoms with Gasteiger partial charge in [0.25, 0.3) is 0 Å². The Bertz CT molecular complexity index is 775. The van der Waals surface area contributed by atoms with Crippen LogP contribution in [0.3, 0.4) is 0 Å². The third-order valence-corrected chi connectivity index (χ3v) is 4.79. The Morgan fingerprint density at radius 3 is 2.79 bits per heavy atom. The van der Waals surface area contributed by atoms with E-state index in [-0.39, 0.29) is 24.2 Å². The van der Waals surface area contributed by atoms with Crippen LogP contribution in [0.5, 0.6) is 0 Å². The van der Waals surface area contributed by atoms with Gasteiger partial charge in [0.05, 0.1) is 5.92 Å². The van der Waals surface area contributed by atoms with Crippen LogP contribution in [-0.4, -0.2) is 23.3 Å². The van der Waals surface area contributed by atoms with Gasteiger partial charge in [-0.2, -0.15) is 0 Å². The number of nitrogens with one attached hydrogen (secondary N) is 1. The van der Waals surface area contributed by atoms with Gasteiger partial charge in [-0.1, -0.05) is 46.3 Å². The maximum atomic E-state index is 12.4. The van der Waals surface area contributed by atoms with Crippen molar-refractivity contribution in [1.29, 1.82) is 0 Å². The summed E-state index contributed by atoms with van der Waals surface area (Å²) in [5, 5.41) is 2.89. The predicted molar refractivity (Wildman–Crippen MR) is 97.5 cm³/mol. The Kier molecular flexibility index (Phi) is 5.00. The summed E-state index contributed by atoms with van der Waals surface area (Å²) in [5.74, 6) is -0.373. The van der Waals surface area contributed by atoms with Gasteiger partial charge in [-0.25, -0.2) is 0 Å². The second-order valence-corrected chi connectivity index (χ2v) is 7.02. The fourth-order valence-corrected chi connectivity index (χ4v) is 3.30. The largest absolute Gasteiger partial charge is 0.338 e. The molecule has 4 nitrogen and oxygen atoms in total. The number of carbonyl (C=O) groups is 2. The lowest BCUT2D eigenvalue weighted by Gasteiger charge is -2.18. The number of nitrogens with zero attached hydrogens (tertiary/aromatic N) is 1. The highest BCUT2D eigenvalue weighted by molar-refractivity contribution is 9.10. The molecular weight excluding hydrogens is 368 g/mol. The second kappa shape index (κ2) is 7.18. The molecule has 0 saturated carbocycles. The van der Waals surface area contributed by atoms with Crippen LogP contribution in [0, 0.1) is 12.8 Å². The molecule has 1 aliphatic rings. The zero-order valence-corrected chi connectivity index (χ0v) is 15.0. The normalized spacial score (nSPS) is 17.2. The van der Waals surface area contributed by atoms with Crippen molar-refractivity contribution in [2.75, 3.05) is 11.9 Å². The highest BCUT2D eigenvalue weighted by Gasteiger charge is 2.34. The average molecular weight is 387 g/mol. The van der Waals surface area contributed by atoms with Crippen LogP contribution in [0.25, 0.3) is 0 Å². The molecule has 1 saturated heterocycles. The Morgan fingerprint density at radius 2 is 2.04 bits per heavy atom. The van der Waals surface area contributed by atoms with Gasteiger partial charge in [0, 0.05) is 29.7 Å². The first kappa shape index (κ1) is 16.7. The molecule has 0 aromatic heterocycles. The van der Waals surface area contributed by atoms with Crippen molar-refractivity contribution in [3.05, 3.63) is 64.1 Å². The molecule has 24 heavy (non-hydrogen) atoms. The van der Waals surface area contributed by atoms with E-state index in [0.29, 0.717) is 13.1 Å². The molecule has 1 atom stereocenters. The van der Waals surface area contributed by atoms with Gasteiger partial charge in [0.2, 0.25) is 11.8 Å². The number of hydrogen-bond acceptors (Lipinski definition) is 2. The van der Waals surface area contributed by atoms with Crippen LogP contribution < -0.4 is 5.32 Å². The number of carbonyl (C=O) groups excluding carboxylic acids is 2. The van der Waals surface area contributed by atoms with Gasteiger partial charge < -0.3 is 10.2 Å². The van der Waals surface area contributed by atoms with Crippen molar-refractivity contribution in [2.24, 2.45) is 5.92 Å². The van der Waals surface area contributed by atoms with Crippen LogP contribution in [0.1, 0.15) is 17.5 Å². The number of anilines is 1. The molecule has 3 rings (SSSR count). The summed E-state index contributed by atoms with van der Waals surface area (Å²) in [4.78, 5) is 26.5. The van der Waals surface area contributed by atoms with Crippen LogP contribution in [-0.2, 0) is 16.1 Å². The lowest BCUT2D eigenvalue weighted by Crippen LogP contribution is -2.28. The molecule has 1 heterocycles. The highest BCUT2D eigenvalue weighted by atomic mass is 79.9. The minimum atomic E-state index is -0.305. The smallest absolute Gasteiger partial charge is 0.229 e. The molecule has 2 amide bonds. The average Bonchev–Trinajstić information content (AvgIpc) is 2.91. The van der Waals surface area contributed by atoms with E-state index in [2.05, 4.69) is 21.2 Å². The summed E-state index contributed by atoms with van der Waals surface area (Å²) in [6.45, 7) is 3.06. The molecular formula is C19H19BrN2O2. The van der Waals surface area contributed by atoms with E-state index in [1.165, 1.54) is 0 Å². The summed E-state index contributed by atoms with van der Waals surface area (Å²) < 4.78 is 0.906. The highest BCUT2D eigenvalue weighted by Crippen LogP contribution is 2.23. The Morgan fingerprint density at radius 1 is 1.25 bits per heavy atom. The van der Waals surface area contributed by atoms with Crippen molar-refractivity contribution in [1.82, 2.24) is 4.90 Å². The number of likely N-dealkylation sites (tertiary alicyclic amines) is 1. The van der Waals surface area contributed by atoms with Crippen LogP contribution in [0.4, 0.5) is 5.69 Å². The molecule has 1 N–H and O–H groups in total. The van der Waals surface area contributed by atoms with E-state index in [1.54, 1.807) is 4.90 Å². The topological polar surface area (TPSA) is 49.4 Å². The van der Waals surface area contributed by atoms with Gasteiger partial charge in [0.15, 0.2) is 0 Å². The molecule has 0 spiro atoms. The van der Waals surface area contributed by atoms with E-state index >= 15 is 0 Å². The third kappa shape index (κ3) is 3.85. The molecule has 1 unspecified atom stereocenters. The molecule has 1 aliphatic heterocycles. The van der Waals surface area contributed by atoms with Gasteiger partial charge in [0.1, 0.15) is 0 Å². The lowest BCUT2D eigenvalue weighted by atomic mass is 10.1. The quantitative estimate of drug-likeness (QED) is 0.869. The summed E-state index contributed by atoms with van der Waals surface area (Å²) in [7, 11) is 0. The summed E-state index contributed by atoms with van der Waals surface area (Å²) >= 11 is 3.38. The molecule has 0 radical (unpaired) electrons. The molecule has 5 heteroatoms. The van der Waals surface area contributed by atoms with Crippen LogP contribution in [0.2, 0.25) is 0 Å².